The first-order chi connectivity index (χ1) is 14.6. The molecule has 0 saturated carbocycles. The minimum atomic E-state index is -4.30. The average molecular weight is 450 g/mol. The van der Waals surface area contributed by atoms with Crippen LogP contribution in [0.3, 0.4) is 0 Å². The molecule has 3 rings (SSSR count). The van der Waals surface area contributed by atoms with Gasteiger partial charge < -0.3 is 5.32 Å². The Labute approximate surface area is 177 Å². The Morgan fingerprint density at radius 1 is 1.10 bits per heavy atom. The maximum Gasteiger partial charge on any atom is 0.244 e. The Balaban J connectivity index is 1.85. The molecule has 0 unspecified atom stereocenters. The van der Waals surface area contributed by atoms with E-state index in [1.807, 2.05) is 0 Å². The highest BCUT2D eigenvalue weighted by Gasteiger charge is 2.30. The van der Waals surface area contributed by atoms with E-state index in [0.717, 1.165) is 22.9 Å². The molecule has 1 aromatic heterocycles. The number of carbonyl (C=O) groups excluding carboxylic acids is 1. The van der Waals surface area contributed by atoms with Crippen LogP contribution in [0.5, 0.6) is 0 Å². The monoisotopic (exact) mass is 450 g/mol. The van der Waals surface area contributed by atoms with E-state index in [1.165, 1.54) is 24.3 Å². The van der Waals surface area contributed by atoms with Crippen molar-refractivity contribution in [3.8, 4) is 5.69 Å². The predicted molar refractivity (Wildman–Crippen MR) is 108 cm³/mol. The molecule has 2 aromatic carbocycles. The molecule has 0 aliphatic rings. The van der Waals surface area contributed by atoms with E-state index in [1.54, 1.807) is 20.8 Å². The lowest BCUT2D eigenvalue weighted by molar-refractivity contribution is -0.118. The number of amides is 1. The highest BCUT2D eigenvalue weighted by Crippen LogP contribution is 2.20. The number of anilines is 1. The molecule has 31 heavy (non-hydrogen) atoms. The first-order valence-corrected chi connectivity index (χ1v) is 10.7. The molecule has 0 aliphatic heterocycles. The summed E-state index contributed by atoms with van der Waals surface area (Å²) in [6, 6.07) is 7.40. The lowest BCUT2D eigenvalue weighted by atomic mass is 10.0. The number of halogens is 2. The van der Waals surface area contributed by atoms with Crippen LogP contribution in [0.4, 0.5) is 14.5 Å². The van der Waals surface area contributed by atoms with E-state index in [2.05, 4.69) is 25.6 Å². The third-order valence-electron chi connectivity index (χ3n) is 4.42. The normalized spacial score (nSPS) is 12.7. The molecular formula is C19H20F2N6O3S. The summed E-state index contributed by atoms with van der Waals surface area (Å²) in [4.78, 5) is 12.3. The third kappa shape index (κ3) is 4.91. The largest absolute Gasteiger partial charge is 0.325 e. The van der Waals surface area contributed by atoms with E-state index in [9.17, 15) is 22.0 Å². The molecular weight excluding hydrogens is 430 g/mol. The van der Waals surface area contributed by atoms with Gasteiger partial charge in [0.25, 0.3) is 0 Å². The second-order valence-corrected chi connectivity index (χ2v) is 8.75. The van der Waals surface area contributed by atoms with Crippen molar-refractivity contribution >= 4 is 21.6 Å². The molecule has 1 amide bonds. The van der Waals surface area contributed by atoms with Gasteiger partial charge in [0.2, 0.25) is 15.9 Å². The van der Waals surface area contributed by atoms with Crippen LogP contribution in [0.2, 0.25) is 0 Å². The van der Waals surface area contributed by atoms with Gasteiger partial charge in [-0.3, -0.25) is 4.79 Å². The fraction of sp³-hybridized carbons (Fsp3) is 0.263. The average Bonchev–Trinajstić information content (AvgIpc) is 3.13. The van der Waals surface area contributed by atoms with Gasteiger partial charge in [0.1, 0.15) is 28.3 Å². The van der Waals surface area contributed by atoms with Crippen molar-refractivity contribution < 1.29 is 22.0 Å². The summed E-state index contributed by atoms with van der Waals surface area (Å²) in [5, 5.41) is 13.4. The first kappa shape index (κ1) is 22.4. The molecule has 0 bridgehead atoms. The molecule has 1 atom stereocenters. The van der Waals surface area contributed by atoms with Gasteiger partial charge in [0, 0.05) is 5.69 Å². The Kier molecular flexibility index (Phi) is 6.41. The maximum absolute atomic E-state index is 14.2. The lowest BCUT2D eigenvalue weighted by Gasteiger charge is -2.22. The van der Waals surface area contributed by atoms with Crippen LogP contribution in [0.15, 0.2) is 47.4 Å². The number of rotatable bonds is 7. The molecule has 3 aromatic rings. The Morgan fingerprint density at radius 2 is 1.81 bits per heavy atom. The van der Waals surface area contributed by atoms with E-state index >= 15 is 0 Å². The zero-order valence-corrected chi connectivity index (χ0v) is 17.7. The second-order valence-electron chi connectivity index (χ2n) is 7.07. The van der Waals surface area contributed by atoms with Crippen molar-refractivity contribution in [3.05, 3.63) is 59.9 Å². The van der Waals surface area contributed by atoms with Crippen molar-refractivity contribution in [1.82, 2.24) is 24.9 Å². The highest BCUT2D eigenvalue weighted by molar-refractivity contribution is 7.89. The van der Waals surface area contributed by atoms with Crippen molar-refractivity contribution in [2.45, 2.75) is 31.7 Å². The molecule has 0 aliphatic carbocycles. The summed E-state index contributed by atoms with van der Waals surface area (Å²) in [6.45, 7) is 4.85. The number of aryl methyl sites for hydroxylation is 1. The number of sulfonamides is 1. The van der Waals surface area contributed by atoms with Crippen LogP contribution in [0.1, 0.15) is 19.7 Å². The van der Waals surface area contributed by atoms with E-state index in [4.69, 9.17) is 0 Å². The quantitative estimate of drug-likeness (QED) is 0.570. The fourth-order valence-electron chi connectivity index (χ4n) is 2.81. The van der Waals surface area contributed by atoms with Gasteiger partial charge in [0.15, 0.2) is 5.82 Å². The summed E-state index contributed by atoms with van der Waals surface area (Å²) < 4.78 is 56.8. The Morgan fingerprint density at radius 3 is 2.42 bits per heavy atom. The van der Waals surface area contributed by atoms with E-state index in [0.29, 0.717) is 5.82 Å². The third-order valence-corrected chi connectivity index (χ3v) is 5.90. The molecule has 0 radical (unpaired) electrons. The van der Waals surface area contributed by atoms with E-state index < -0.39 is 44.4 Å². The zero-order chi connectivity index (χ0) is 22.8. The van der Waals surface area contributed by atoms with Crippen LogP contribution in [0.25, 0.3) is 5.69 Å². The Bertz CT molecular complexity index is 1210. The maximum atomic E-state index is 14.2. The predicted octanol–water partition coefficient (Wildman–Crippen LogP) is 2.19. The molecule has 12 heteroatoms. The summed E-state index contributed by atoms with van der Waals surface area (Å²) in [5.74, 6) is -2.38. The number of carbonyl (C=O) groups is 1. The highest BCUT2D eigenvalue weighted by atomic mass is 32.2. The SMILES string of the molecule is Cc1nnnn1-c1cc(NC(=O)[C@@H](NS(=O)(=O)c2ccccc2F)C(C)C)ccc1F. The van der Waals surface area contributed by atoms with Crippen LogP contribution in [-0.2, 0) is 14.8 Å². The minimum absolute atomic E-state index is 0.00772. The van der Waals surface area contributed by atoms with Crippen LogP contribution in [0, 0.1) is 24.5 Å². The summed E-state index contributed by atoms with van der Waals surface area (Å²) in [5.41, 5.74) is 0.209. The summed E-state index contributed by atoms with van der Waals surface area (Å²) >= 11 is 0. The molecule has 164 valence electrons. The summed E-state index contributed by atoms with van der Waals surface area (Å²) in [6.07, 6.45) is 0. The number of benzene rings is 2. The van der Waals surface area contributed by atoms with Crippen molar-refractivity contribution in [3.63, 3.8) is 0 Å². The fourth-order valence-corrected chi connectivity index (χ4v) is 4.24. The molecule has 0 fully saturated rings. The number of tetrazole rings is 1. The van der Waals surface area contributed by atoms with Crippen LogP contribution < -0.4 is 10.0 Å². The van der Waals surface area contributed by atoms with Gasteiger partial charge in [-0.25, -0.2) is 17.2 Å². The first-order valence-electron chi connectivity index (χ1n) is 9.23. The van der Waals surface area contributed by atoms with E-state index in [-0.39, 0.29) is 11.4 Å². The van der Waals surface area contributed by atoms with Crippen LogP contribution >= 0.6 is 0 Å². The minimum Gasteiger partial charge on any atom is -0.325 e. The number of nitrogens with zero attached hydrogens (tertiary/aromatic N) is 4. The van der Waals surface area contributed by atoms with Gasteiger partial charge >= 0.3 is 0 Å². The van der Waals surface area contributed by atoms with Gasteiger partial charge in [-0.1, -0.05) is 26.0 Å². The smallest absolute Gasteiger partial charge is 0.244 e. The number of nitrogens with one attached hydrogen (secondary N) is 2. The molecule has 9 nitrogen and oxygen atoms in total. The number of hydrogen-bond donors (Lipinski definition) is 2. The molecule has 1 heterocycles. The van der Waals surface area contributed by atoms with Gasteiger partial charge in [-0.05, 0) is 53.6 Å². The van der Waals surface area contributed by atoms with Gasteiger partial charge in [-0.2, -0.15) is 9.40 Å². The topological polar surface area (TPSA) is 119 Å². The second kappa shape index (κ2) is 8.86. The lowest BCUT2D eigenvalue weighted by Crippen LogP contribution is -2.47. The molecule has 2 N–H and O–H groups in total. The van der Waals surface area contributed by atoms with Gasteiger partial charge in [0.05, 0.1) is 0 Å². The Hall–Kier alpha value is -3.25. The van der Waals surface area contributed by atoms with Crippen molar-refractivity contribution in [1.29, 1.82) is 0 Å². The van der Waals surface area contributed by atoms with Crippen molar-refractivity contribution in [2.24, 2.45) is 5.92 Å². The molecule has 0 saturated heterocycles. The van der Waals surface area contributed by atoms with Crippen molar-refractivity contribution in [2.75, 3.05) is 5.32 Å². The summed E-state index contributed by atoms with van der Waals surface area (Å²) in [7, 11) is -4.30. The van der Waals surface area contributed by atoms with Gasteiger partial charge in [-0.15, -0.1) is 5.10 Å². The number of aromatic nitrogens is 4. The zero-order valence-electron chi connectivity index (χ0n) is 16.9. The number of hydrogen-bond acceptors (Lipinski definition) is 6. The standard InChI is InChI=1S/C19H20F2N6O3S/c1-11(2)18(24-31(29,30)17-7-5-4-6-15(17)21)19(28)22-13-8-9-14(20)16(10-13)27-12(3)23-25-26-27/h4-11,18,24H,1-3H3,(H,22,28)/t18-/m0/s1. The molecule has 0 spiro atoms. The van der Waals surface area contributed by atoms with Crippen LogP contribution in [-0.4, -0.2) is 40.6 Å².